The first-order valence-corrected chi connectivity index (χ1v) is 6.71. The monoisotopic (exact) mass is 278 g/mol. The lowest BCUT2D eigenvalue weighted by Crippen LogP contribution is -2.08. The van der Waals surface area contributed by atoms with Crippen LogP contribution in [0.5, 0.6) is 0 Å². The SMILES string of the molecule is CCN/C=C(\N)c1cccc(CCOCCC(=O)O)c1. The fourth-order valence-corrected chi connectivity index (χ4v) is 1.65. The summed E-state index contributed by atoms with van der Waals surface area (Å²) in [6, 6.07) is 7.93. The number of carbonyl (C=O) groups is 1. The zero-order chi connectivity index (χ0) is 14.8. The molecule has 0 spiro atoms. The highest BCUT2D eigenvalue weighted by molar-refractivity contribution is 5.66. The molecule has 20 heavy (non-hydrogen) atoms. The molecule has 0 heterocycles. The second-order valence-corrected chi connectivity index (χ2v) is 4.36. The van der Waals surface area contributed by atoms with Gasteiger partial charge in [0.05, 0.1) is 25.3 Å². The van der Waals surface area contributed by atoms with Gasteiger partial charge >= 0.3 is 5.97 Å². The Balaban J connectivity index is 2.45. The number of aliphatic carboxylic acids is 1. The van der Waals surface area contributed by atoms with Crippen molar-refractivity contribution in [2.45, 2.75) is 19.8 Å². The van der Waals surface area contributed by atoms with Crippen molar-refractivity contribution in [1.82, 2.24) is 5.32 Å². The maximum absolute atomic E-state index is 10.3. The average Bonchev–Trinajstić information content (AvgIpc) is 2.44. The molecule has 0 unspecified atom stereocenters. The lowest BCUT2D eigenvalue weighted by Gasteiger charge is -2.07. The van der Waals surface area contributed by atoms with Crippen LogP contribution in [-0.2, 0) is 16.0 Å². The highest BCUT2D eigenvalue weighted by Crippen LogP contribution is 2.11. The van der Waals surface area contributed by atoms with E-state index in [1.165, 1.54) is 0 Å². The molecule has 5 heteroatoms. The van der Waals surface area contributed by atoms with Crippen LogP contribution < -0.4 is 11.1 Å². The first-order valence-electron chi connectivity index (χ1n) is 6.71. The summed E-state index contributed by atoms with van der Waals surface area (Å²) in [6.45, 7) is 3.59. The molecule has 0 fully saturated rings. The van der Waals surface area contributed by atoms with Gasteiger partial charge in [0.2, 0.25) is 0 Å². The van der Waals surface area contributed by atoms with E-state index >= 15 is 0 Å². The number of hydrogen-bond acceptors (Lipinski definition) is 4. The van der Waals surface area contributed by atoms with E-state index in [1.807, 2.05) is 31.2 Å². The predicted molar refractivity (Wildman–Crippen MR) is 79.1 cm³/mol. The maximum Gasteiger partial charge on any atom is 0.305 e. The Morgan fingerprint density at radius 1 is 1.45 bits per heavy atom. The summed E-state index contributed by atoms with van der Waals surface area (Å²) < 4.78 is 5.27. The van der Waals surface area contributed by atoms with Gasteiger partial charge in [-0.1, -0.05) is 18.2 Å². The number of nitrogens with two attached hydrogens (primary N) is 1. The maximum atomic E-state index is 10.3. The van der Waals surface area contributed by atoms with Crippen molar-refractivity contribution in [1.29, 1.82) is 0 Å². The van der Waals surface area contributed by atoms with Crippen LogP contribution in [0.25, 0.3) is 5.70 Å². The summed E-state index contributed by atoms with van der Waals surface area (Å²) in [7, 11) is 0. The molecule has 0 atom stereocenters. The Hall–Kier alpha value is -2.01. The quantitative estimate of drug-likeness (QED) is 0.597. The van der Waals surface area contributed by atoms with Gasteiger partial charge in [-0.3, -0.25) is 4.79 Å². The lowest BCUT2D eigenvalue weighted by atomic mass is 10.1. The van der Waals surface area contributed by atoms with Crippen LogP contribution in [0.15, 0.2) is 30.5 Å². The third-order valence-electron chi connectivity index (χ3n) is 2.72. The minimum absolute atomic E-state index is 0.0401. The smallest absolute Gasteiger partial charge is 0.305 e. The van der Waals surface area contributed by atoms with Crippen LogP contribution >= 0.6 is 0 Å². The van der Waals surface area contributed by atoms with Crippen molar-refractivity contribution in [3.63, 3.8) is 0 Å². The molecule has 1 aromatic carbocycles. The van der Waals surface area contributed by atoms with Crippen LogP contribution in [0.1, 0.15) is 24.5 Å². The van der Waals surface area contributed by atoms with Gasteiger partial charge in [0.15, 0.2) is 0 Å². The van der Waals surface area contributed by atoms with E-state index in [2.05, 4.69) is 5.32 Å². The predicted octanol–water partition coefficient (Wildman–Crippen LogP) is 1.59. The van der Waals surface area contributed by atoms with E-state index in [-0.39, 0.29) is 13.0 Å². The Morgan fingerprint density at radius 2 is 2.25 bits per heavy atom. The molecule has 5 nitrogen and oxygen atoms in total. The number of benzene rings is 1. The van der Waals surface area contributed by atoms with Crippen molar-refractivity contribution in [2.24, 2.45) is 5.73 Å². The van der Waals surface area contributed by atoms with E-state index in [0.29, 0.717) is 12.3 Å². The molecule has 0 aliphatic carbocycles. The van der Waals surface area contributed by atoms with E-state index in [9.17, 15) is 4.79 Å². The number of ether oxygens (including phenoxy) is 1. The number of nitrogens with one attached hydrogen (secondary N) is 1. The third kappa shape index (κ3) is 6.24. The van der Waals surface area contributed by atoms with Gasteiger partial charge in [-0.2, -0.15) is 0 Å². The van der Waals surface area contributed by atoms with Gasteiger partial charge in [0, 0.05) is 12.7 Å². The summed E-state index contributed by atoms with van der Waals surface area (Å²) in [5, 5.41) is 11.6. The average molecular weight is 278 g/mol. The van der Waals surface area contributed by atoms with Gasteiger partial charge in [-0.15, -0.1) is 0 Å². The van der Waals surface area contributed by atoms with Gasteiger partial charge in [0.1, 0.15) is 0 Å². The second-order valence-electron chi connectivity index (χ2n) is 4.36. The van der Waals surface area contributed by atoms with Crippen molar-refractivity contribution >= 4 is 11.7 Å². The molecule has 4 N–H and O–H groups in total. The molecule has 0 saturated heterocycles. The van der Waals surface area contributed by atoms with Gasteiger partial charge < -0.3 is 20.9 Å². The van der Waals surface area contributed by atoms with E-state index in [4.69, 9.17) is 15.6 Å². The number of carboxylic acids is 1. The largest absolute Gasteiger partial charge is 0.481 e. The third-order valence-corrected chi connectivity index (χ3v) is 2.72. The Labute approximate surface area is 119 Å². The highest BCUT2D eigenvalue weighted by Gasteiger charge is 2.00. The number of hydrogen-bond donors (Lipinski definition) is 3. The molecule has 0 radical (unpaired) electrons. The molecule has 110 valence electrons. The summed E-state index contributed by atoms with van der Waals surface area (Å²) in [5.41, 5.74) is 8.74. The molecule has 1 aromatic rings. The zero-order valence-corrected chi connectivity index (χ0v) is 11.8. The lowest BCUT2D eigenvalue weighted by molar-refractivity contribution is -0.138. The van der Waals surface area contributed by atoms with Gasteiger partial charge in [-0.25, -0.2) is 0 Å². The summed E-state index contributed by atoms with van der Waals surface area (Å²) in [4.78, 5) is 10.3. The molecular weight excluding hydrogens is 256 g/mol. The minimum atomic E-state index is -0.840. The number of carboxylic acid groups (broad SMARTS) is 1. The normalized spacial score (nSPS) is 11.3. The molecule has 0 amide bonds. The Kier molecular flexibility index (Phi) is 7.21. The van der Waals surface area contributed by atoms with Crippen molar-refractivity contribution in [2.75, 3.05) is 19.8 Å². The molecule has 0 aliphatic heterocycles. The summed E-state index contributed by atoms with van der Waals surface area (Å²) >= 11 is 0. The van der Waals surface area contributed by atoms with E-state index in [1.54, 1.807) is 6.20 Å². The van der Waals surface area contributed by atoms with Crippen LogP contribution in [-0.4, -0.2) is 30.8 Å². The second kappa shape index (κ2) is 8.98. The first-order chi connectivity index (χ1) is 9.63. The van der Waals surface area contributed by atoms with E-state index < -0.39 is 5.97 Å². The van der Waals surface area contributed by atoms with Gasteiger partial charge in [-0.05, 0) is 30.5 Å². The molecule has 0 aliphatic rings. The van der Waals surface area contributed by atoms with E-state index in [0.717, 1.165) is 24.1 Å². The van der Waals surface area contributed by atoms with Crippen LogP contribution in [0.3, 0.4) is 0 Å². The molecule has 0 bridgehead atoms. The van der Waals surface area contributed by atoms with Crippen LogP contribution in [0.4, 0.5) is 0 Å². The zero-order valence-electron chi connectivity index (χ0n) is 11.8. The van der Waals surface area contributed by atoms with Crippen LogP contribution in [0.2, 0.25) is 0 Å². The summed E-state index contributed by atoms with van der Waals surface area (Å²) in [5.74, 6) is -0.840. The first kappa shape index (κ1) is 16.0. The molecule has 1 rings (SSSR count). The fraction of sp³-hybridized carbons (Fsp3) is 0.400. The Bertz CT molecular complexity index is 458. The molecule has 0 saturated carbocycles. The molecule has 0 aromatic heterocycles. The van der Waals surface area contributed by atoms with Crippen LogP contribution in [0, 0.1) is 0 Å². The summed E-state index contributed by atoms with van der Waals surface area (Å²) in [6.07, 6.45) is 2.57. The minimum Gasteiger partial charge on any atom is -0.481 e. The Morgan fingerprint density at radius 3 is 2.95 bits per heavy atom. The van der Waals surface area contributed by atoms with Crippen molar-refractivity contribution < 1.29 is 14.6 Å². The fourth-order valence-electron chi connectivity index (χ4n) is 1.65. The molecular formula is C15H22N2O3. The van der Waals surface area contributed by atoms with Crippen molar-refractivity contribution in [3.05, 3.63) is 41.6 Å². The van der Waals surface area contributed by atoms with Crippen molar-refractivity contribution in [3.8, 4) is 0 Å². The van der Waals surface area contributed by atoms with Gasteiger partial charge in [0.25, 0.3) is 0 Å². The number of rotatable bonds is 9. The highest BCUT2D eigenvalue weighted by atomic mass is 16.5. The standard InChI is InChI=1S/C15H22N2O3/c1-2-17-11-14(16)13-5-3-4-12(10-13)6-8-20-9-7-15(18)19/h3-5,10-11,17H,2,6-9,16H2,1H3,(H,18,19)/b14-11-. The topological polar surface area (TPSA) is 84.6 Å².